The molecule has 0 fully saturated rings. The van der Waals surface area contributed by atoms with Crippen molar-refractivity contribution in [2.75, 3.05) is 13.2 Å². The van der Waals surface area contributed by atoms with E-state index in [-0.39, 0.29) is 11.8 Å². The number of carbonyl (C=O) groups is 1. The number of benzene rings is 1. The second-order valence-electron chi connectivity index (χ2n) is 5.17. The summed E-state index contributed by atoms with van der Waals surface area (Å²) in [6.07, 6.45) is 0.864. The Morgan fingerprint density at radius 2 is 1.84 bits per heavy atom. The van der Waals surface area contributed by atoms with Gasteiger partial charge in [0.05, 0.1) is 6.54 Å². The third kappa shape index (κ3) is 5.33. The molecule has 1 amide bonds. The van der Waals surface area contributed by atoms with E-state index in [2.05, 4.69) is 31.3 Å². The molecule has 1 rings (SSSR count). The summed E-state index contributed by atoms with van der Waals surface area (Å²) in [6.45, 7) is 9.33. The van der Waals surface area contributed by atoms with Crippen LogP contribution in [0.5, 0.6) is 5.75 Å². The van der Waals surface area contributed by atoms with Crippen LogP contribution in [0.4, 0.5) is 0 Å². The van der Waals surface area contributed by atoms with E-state index < -0.39 is 0 Å². The topological polar surface area (TPSA) is 38.3 Å². The van der Waals surface area contributed by atoms with Gasteiger partial charge in [-0.15, -0.1) is 0 Å². The predicted molar refractivity (Wildman–Crippen MR) is 78.5 cm³/mol. The first-order chi connectivity index (χ1) is 9.04. The van der Waals surface area contributed by atoms with Gasteiger partial charge < -0.3 is 10.1 Å². The SMILES string of the molecule is CC[C@@H](C)C(=O)NCCOc1ccc(C(C)C)cc1. The molecule has 0 aliphatic rings. The van der Waals surface area contributed by atoms with Crippen LogP contribution >= 0.6 is 0 Å². The van der Waals surface area contributed by atoms with Crippen LogP contribution in [0, 0.1) is 5.92 Å². The number of carbonyl (C=O) groups excluding carboxylic acids is 1. The molecule has 1 atom stereocenters. The molecule has 0 heterocycles. The molecule has 0 bridgehead atoms. The summed E-state index contributed by atoms with van der Waals surface area (Å²) in [7, 11) is 0. The molecular weight excluding hydrogens is 238 g/mol. The molecule has 3 nitrogen and oxygen atoms in total. The van der Waals surface area contributed by atoms with Gasteiger partial charge >= 0.3 is 0 Å². The van der Waals surface area contributed by atoms with Crippen LogP contribution < -0.4 is 10.1 Å². The molecule has 0 saturated carbocycles. The van der Waals surface area contributed by atoms with Gasteiger partial charge in [-0.2, -0.15) is 0 Å². The molecule has 0 unspecified atom stereocenters. The van der Waals surface area contributed by atoms with Crippen LogP contribution in [-0.2, 0) is 4.79 Å². The maximum Gasteiger partial charge on any atom is 0.222 e. The normalized spacial score (nSPS) is 12.3. The van der Waals surface area contributed by atoms with E-state index in [4.69, 9.17) is 4.74 Å². The molecule has 0 radical (unpaired) electrons. The quantitative estimate of drug-likeness (QED) is 0.766. The Morgan fingerprint density at radius 1 is 1.21 bits per heavy atom. The molecule has 0 saturated heterocycles. The molecule has 0 aromatic heterocycles. The second-order valence-corrected chi connectivity index (χ2v) is 5.17. The molecule has 19 heavy (non-hydrogen) atoms. The van der Waals surface area contributed by atoms with Crippen molar-refractivity contribution < 1.29 is 9.53 Å². The Labute approximate surface area is 116 Å². The summed E-state index contributed by atoms with van der Waals surface area (Å²) in [5.41, 5.74) is 1.30. The Balaban J connectivity index is 2.28. The number of hydrogen-bond donors (Lipinski definition) is 1. The lowest BCUT2D eigenvalue weighted by Crippen LogP contribution is -2.32. The first-order valence-electron chi connectivity index (χ1n) is 7.05. The Bertz CT molecular complexity index is 384. The van der Waals surface area contributed by atoms with Gasteiger partial charge in [-0.25, -0.2) is 0 Å². The van der Waals surface area contributed by atoms with Crippen LogP contribution in [0.25, 0.3) is 0 Å². The van der Waals surface area contributed by atoms with E-state index in [1.165, 1.54) is 5.56 Å². The molecule has 0 aliphatic carbocycles. The summed E-state index contributed by atoms with van der Waals surface area (Å²) in [5, 5.41) is 2.87. The monoisotopic (exact) mass is 263 g/mol. The van der Waals surface area contributed by atoms with Crippen molar-refractivity contribution >= 4 is 5.91 Å². The van der Waals surface area contributed by atoms with Crippen molar-refractivity contribution in [3.05, 3.63) is 29.8 Å². The Morgan fingerprint density at radius 3 is 2.37 bits per heavy atom. The van der Waals surface area contributed by atoms with Crippen molar-refractivity contribution in [2.24, 2.45) is 5.92 Å². The molecule has 1 N–H and O–H groups in total. The maximum absolute atomic E-state index is 11.5. The number of nitrogens with one attached hydrogen (secondary N) is 1. The van der Waals surface area contributed by atoms with Crippen molar-refractivity contribution in [3.63, 3.8) is 0 Å². The van der Waals surface area contributed by atoms with Gasteiger partial charge in [0, 0.05) is 5.92 Å². The lowest BCUT2D eigenvalue weighted by Gasteiger charge is -2.11. The van der Waals surface area contributed by atoms with Crippen molar-refractivity contribution in [2.45, 2.75) is 40.0 Å². The van der Waals surface area contributed by atoms with Gasteiger partial charge in [0.2, 0.25) is 5.91 Å². The fourth-order valence-electron chi connectivity index (χ4n) is 1.65. The molecule has 1 aromatic rings. The summed E-state index contributed by atoms with van der Waals surface area (Å²) >= 11 is 0. The van der Waals surface area contributed by atoms with E-state index in [0.717, 1.165) is 12.2 Å². The lowest BCUT2D eigenvalue weighted by molar-refractivity contribution is -0.124. The molecule has 0 spiro atoms. The average Bonchev–Trinajstić information content (AvgIpc) is 2.42. The second kappa shape index (κ2) is 7.82. The molecule has 1 aromatic carbocycles. The highest BCUT2D eigenvalue weighted by molar-refractivity contribution is 5.78. The van der Waals surface area contributed by atoms with E-state index in [1.807, 2.05) is 26.0 Å². The van der Waals surface area contributed by atoms with Crippen molar-refractivity contribution in [1.82, 2.24) is 5.32 Å². The third-order valence-electron chi connectivity index (χ3n) is 3.28. The minimum Gasteiger partial charge on any atom is -0.492 e. The van der Waals surface area contributed by atoms with Crippen LogP contribution in [-0.4, -0.2) is 19.1 Å². The number of hydrogen-bond acceptors (Lipinski definition) is 2. The lowest BCUT2D eigenvalue weighted by atomic mass is 10.0. The van der Waals surface area contributed by atoms with Gasteiger partial charge in [0.1, 0.15) is 12.4 Å². The highest BCUT2D eigenvalue weighted by atomic mass is 16.5. The number of rotatable bonds is 7. The highest BCUT2D eigenvalue weighted by Gasteiger charge is 2.08. The van der Waals surface area contributed by atoms with Gasteiger partial charge in [-0.1, -0.05) is 39.8 Å². The standard InChI is InChI=1S/C16H25NO2/c1-5-13(4)16(18)17-10-11-19-15-8-6-14(7-9-15)12(2)3/h6-9,12-13H,5,10-11H2,1-4H3,(H,17,18)/t13-/m1/s1. The number of ether oxygens (including phenoxy) is 1. The predicted octanol–water partition coefficient (Wildman–Crippen LogP) is 3.35. The van der Waals surface area contributed by atoms with Crippen LogP contribution in [0.3, 0.4) is 0 Å². The zero-order chi connectivity index (χ0) is 14.3. The van der Waals surface area contributed by atoms with Gasteiger partial charge in [-0.3, -0.25) is 4.79 Å². The minimum absolute atomic E-state index is 0.0744. The summed E-state index contributed by atoms with van der Waals surface area (Å²) < 4.78 is 5.59. The fourth-order valence-corrected chi connectivity index (χ4v) is 1.65. The number of amides is 1. The first-order valence-corrected chi connectivity index (χ1v) is 7.05. The zero-order valence-corrected chi connectivity index (χ0v) is 12.4. The largest absolute Gasteiger partial charge is 0.492 e. The highest BCUT2D eigenvalue weighted by Crippen LogP contribution is 2.18. The van der Waals surface area contributed by atoms with Gasteiger partial charge in [0.15, 0.2) is 0 Å². The summed E-state index contributed by atoms with van der Waals surface area (Å²) in [4.78, 5) is 11.5. The van der Waals surface area contributed by atoms with Crippen LogP contribution in [0.15, 0.2) is 24.3 Å². The summed E-state index contributed by atoms with van der Waals surface area (Å²) in [6, 6.07) is 8.12. The zero-order valence-electron chi connectivity index (χ0n) is 12.4. The summed E-state index contributed by atoms with van der Waals surface area (Å²) in [5.74, 6) is 1.55. The van der Waals surface area contributed by atoms with E-state index in [0.29, 0.717) is 19.1 Å². The van der Waals surface area contributed by atoms with Crippen molar-refractivity contribution in [3.8, 4) is 5.75 Å². The Hall–Kier alpha value is -1.51. The fraction of sp³-hybridized carbons (Fsp3) is 0.562. The molecule has 3 heteroatoms. The maximum atomic E-state index is 11.5. The minimum atomic E-state index is 0.0744. The Kier molecular flexibility index (Phi) is 6.40. The van der Waals surface area contributed by atoms with E-state index in [1.54, 1.807) is 0 Å². The van der Waals surface area contributed by atoms with Crippen molar-refractivity contribution in [1.29, 1.82) is 0 Å². The van der Waals surface area contributed by atoms with Crippen LogP contribution in [0.1, 0.15) is 45.6 Å². The molecule has 0 aliphatic heterocycles. The first kappa shape index (κ1) is 15.5. The van der Waals surface area contributed by atoms with Gasteiger partial charge in [-0.05, 0) is 30.0 Å². The third-order valence-corrected chi connectivity index (χ3v) is 3.28. The molecule has 106 valence electrons. The van der Waals surface area contributed by atoms with E-state index >= 15 is 0 Å². The average molecular weight is 263 g/mol. The van der Waals surface area contributed by atoms with Gasteiger partial charge in [0.25, 0.3) is 0 Å². The van der Waals surface area contributed by atoms with E-state index in [9.17, 15) is 4.79 Å². The smallest absolute Gasteiger partial charge is 0.222 e. The van der Waals surface area contributed by atoms with Crippen LogP contribution in [0.2, 0.25) is 0 Å². The molecular formula is C16H25NO2.